The van der Waals surface area contributed by atoms with Crippen molar-refractivity contribution in [1.29, 1.82) is 0 Å². The lowest BCUT2D eigenvalue weighted by atomic mass is 10.1. The predicted octanol–water partition coefficient (Wildman–Crippen LogP) is 3.64. The molecule has 0 aliphatic rings. The van der Waals surface area contributed by atoms with Crippen molar-refractivity contribution in [2.24, 2.45) is 5.92 Å². The van der Waals surface area contributed by atoms with E-state index in [1.807, 2.05) is 27.7 Å². The Morgan fingerprint density at radius 2 is 1.75 bits per heavy atom. The van der Waals surface area contributed by atoms with Crippen molar-refractivity contribution in [3.8, 4) is 5.75 Å². The lowest BCUT2D eigenvalue weighted by Gasteiger charge is -2.22. The van der Waals surface area contributed by atoms with Gasteiger partial charge in [0, 0.05) is 10.6 Å². The summed E-state index contributed by atoms with van der Waals surface area (Å²) in [4.78, 5) is 12.8. The Labute approximate surface area is 147 Å². The maximum absolute atomic E-state index is 11.9. The molecule has 0 radical (unpaired) electrons. The van der Waals surface area contributed by atoms with Crippen LogP contribution in [-0.2, 0) is 19.6 Å². The summed E-state index contributed by atoms with van der Waals surface area (Å²) in [6, 6.07) is 6.75. The Bertz CT molecular complexity index is 621. The molecular weight excluding hydrogens is 355 g/mol. The fourth-order valence-corrected chi connectivity index (χ4v) is 2.92. The standard InChI is InChI=1S/C16H24O5S2.FH/c1-6-23(18,19)21-13-7-9-14(10-8-13)22-11-12(2)15(17)20-16(3,4)5;/h7-10,12H,6,11H2,1-5H3;1H. The number of hydrogen-bond acceptors (Lipinski definition) is 6. The van der Waals surface area contributed by atoms with Crippen molar-refractivity contribution in [2.45, 2.75) is 45.1 Å². The monoisotopic (exact) mass is 380 g/mol. The van der Waals surface area contributed by atoms with Crippen LogP contribution in [0.2, 0.25) is 0 Å². The number of carbonyl (C=O) groups excluding carboxylic acids is 1. The number of thioether (sulfide) groups is 1. The van der Waals surface area contributed by atoms with Gasteiger partial charge < -0.3 is 8.92 Å². The molecule has 1 unspecified atom stereocenters. The Balaban J connectivity index is 0.00000529. The molecular formula is C16H25FO5S2. The van der Waals surface area contributed by atoms with E-state index >= 15 is 0 Å². The summed E-state index contributed by atoms with van der Waals surface area (Å²) in [5.74, 6) is 0.352. The molecule has 8 heteroatoms. The van der Waals surface area contributed by atoms with Crippen molar-refractivity contribution >= 4 is 27.8 Å². The summed E-state index contributed by atoms with van der Waals surface area (Å²) in [5.41, 5.74) is -0.486. The number of halogens is 1. The average molecular weight is 381 g/mol. The molecule has 1 rings (SSSR count). The van der Waals surface area contributed by atoms with E-state index in [1.54, 1.807) is 24.3 Å². The van der Waals surface area contributed by atoms with Crippen LogP contribution < -0.4 is 4.18 Å². The second-order valence-corrected chi connectivity index (χ2v) is 9.10. The lowest BCUT2D eigenvalue weighted by Crippen LogP contribution is -2.28. The Morgan fingerprint density at radius 3 is 2.21 bits per heavy atom. The van der Waals surface area contributed by atoms with Gasteiger partial charge in [0.2, 0.25) is 0 Å². The average Bonchev–Trinajstić information content (AvgIpc) is 2.44. The fraction of sp³-hybridized carbons (Fsp3) is 0.562. The molecule has 0 N–H and O–H groups in total. The van der Waals surface area contributed by atoms with Crippen molar-refractivity contribution in [3.05, 3.63) is 24.3 Å². The number of rotatable bonds is 7. The van der Waals surface area contributed by atoms with E-state index in [-0.39, 0.29) is 28.1 Å². The molecule has 0 aromatic heterocycles. The maximum atomic E-state index is 11.9. The number of benzene rings is 1. The van der Waals surface area contributed by atoms with E-state index in [9.17, 15) is 13.2 Å². The first-order chi connectivity index (χ1) is 10.5. The van der Waals surface area contributed by atoms with E-state index in [0.29, 0.717) is 5.75 Å². The van der Waals surface area contributed by atoms with Gasteiger partial charge in [0.05, 0.1) is 11.7 Å². The van der Waals surface area contributed by atoms with Crippen molar-refractivity contribution in [1.82, 2.24) is 0 Å². The molecule has 0 saturated heterocycles. The van der Waals surface area contributed by atoms with E-state index in [0.717, 1.165) is 4.90 Å². The van der Waals surface area contributed by atoms with E-state index in [1.165, 1.54) is 18.7 Å². The Morgan fingerprint density at radius 1 is 1.21 bits per heavy atom. The first-order valence-electron chi connectivity index (χ1n) is 7.40. The summed E-state index contributed by atoms with van der Waals surface area (Å²) in [7, 11) is -3.51. The minimum Gasteiger partial charge on any atom is -0.460 e. The summed E-state index contributed by atoms with van der Waals surface area (Å²) >= 11 is 1.51. The largest absolute Gasteiger partial charge is 0.460 e. The number of carbonyl (C=O) groups is 1. The van der Waals surface area contributed by atoms with Crippen LogP contribution in [-0.4, -0.2) is 31.5 Å². The van der Waals surface area contributed by atoms with Gasteiger partial charge in [-0.25, -0.2) is 0 Å². The first-order valence-corrected chi connectivity index (χ1v) is 9.96. The van der Waals surface area contributed by atoms with Gasteiger partial charge in [-0.2, -0.15) is 8.42 Å². The van der Waals surface area contributed by atoms with Crippen LogP contribution >= 0.6 is 11.8 Å². The zero-order chi connectivity index (χ0) is 17.7. The molecule has 0 amide bonds. The predicted molar refractivity (Wildman–Crippen MR) is 94.8 cm³/mol. The molecule has 0 fully saturated rings. The maximum Gasteiger partial charge on any atom is 0.310 e. The van der Waals surface area contributed by atoms with Gasteiger partial charge in [-0.15, -0.1) is 11.8 Å². The van der Waals surface area contributed by atoms with Crippen molar-refractivity contribution in [3.63, 3.8) is 0 Å². The van der Waals surface area contributed by atoms with Crippen LogP contribution in [0.5, 0.6) is 5.75 Å². The molecule has 0 spiro atoms. The normalized spacial score (nSPS) is 12.9. The molecule has 138 valence electrons. The van der Waals surface area contributed by atoms with Crippen LogP contribution in [0.1, 0.15) is 34.6 Å². The van der Waals surface area contributed by atoms with Gasteiger partial charge in [-0.1, -0.05) is 6.92 Å². The molecule has 5 nitrogen and oxygen atoms in total. The van der Waals surface area contributed by atoms with Crippen LogP contribution in [0.4, 0.5) is 4.70 Å². The molecule has 1 atom stereocenters. The van der Waals surface area contributed by atoms with Crippen molar-refractivity contribution < 1.29 is 26.8 Å². The quantitative estimate of drug-likeness (QED) is 0.409. The van der Waals surface area contributed by atoms with Crippen LogP contribution in [0, 0.1) is 5.92 Å². The second kappa shape index (κ2) is 9.27. The Kier molecular flexibility index (Phi) is 8.77. The third kappa shape index (κ3) is 8.54. The van der Waals surface area contributed by atoms with Crippen LogP contribution in [0.3, 0.4) is 0 Å². The second-order valence-electron chi connectivity index (χ2n) is 6.15. The first kappa shape index (κ1) is 22.7. The third-order valence-corrected chi connectivity index (χ3v) is 5.14. The highest BCUT2D eigenvalue weighted by Gasteiger charge is 2.21. The number of esters is 1. The molecule has 0 saturated carbocycles. The minimum absolute atomic E-state index is 0. The SMILES string of the molecule is CCS(=O)(=O)Oc1ccc(SCC(C)C(=O)OC(C)(C)C)cc1.F. The highest BCUT2D eigenvalue weighted by molar-refractivity contribution is 7.99. The molecule has 0 heterocycles. The Hall–Kier alpha value is -1.28. The molecule has 0 aliphatic carbocycles. The van der Waals surface area contributed by atoms with Gasteiger partial charge in [-0.05, 0) is 52.0 Å². The van der Waals surface area contributed by atoms with E-state index in [2.05, 4.69) is 0 Å². The summed E-state index contributed by atoms with van der Waals surface area (Å²) < 4.78 is 33.0. The fourth-order valence-electron chi connectivity index (χ4n) is 1.49. The van der Waals surface area contributed by atoms with Gasteiger partial charge >= 0.3 is 16.1 Å². The summed E-state index contributed by atoms with van der Waals surface area (Å²) in [6.45, 7) is 8.87. The third-order valence-electron chi connectivity index (χ3n) is 2.71. The zero-order valence-electron chi connectivity index (χ0n) is 14.6. The molecule has 1 aromatic carbocycles. The van der Waals surface area contributed by atoms with Crippen molar-refractivity contribution in [2.75, 3.05) is 11.5 Å². The molecule has 24 heavy (non-hydrogen) atoms. The van der Waals surface area contributed by atoms with Gasteiger partial charge in [-0.3, -0.25) is 9.50 Å². The smallest absolute Gasteiger partial charge is 0.310 e. The lowest BCUT2D eigenvalue weighted by molar-refractivity contribution is -0.158. The van der Waals surface area contributed by atoms with Gasteiger partial charge in [0.1, 0.15) is 11.4 Å². The minimum atomic E-state index is -3.51. The summed E-state index contributed by atoms with van der Waals surface area (Å²) in [6.07, 6.45) is 0. The number of hydrogen-bond donors (Lipinski definition) is 0. The molecule has 1 aromatic rings. The van der Waals surface area contributed by atoms with Gasteiger partial charge in [0.15, 0.2) is 0 Å². The van der Waals surface area contributed by atoms with E-state index < -0.39 is 15.7 Å². The summed E-state index contributed by atoms with van der Waals surface area (Å²) in [5, 5.41) is 0. The number of ether oxygens (including phenoxy) is 1. The molecule has 0 bridgehead atoms. The van der Waals surface area contributed by atoms with Crippen LogP contribution in [0.25, 0.3) is 0 Å². The zero-order valence-corrected chi connectivity index (χ0v) is 16.2. The highest BCUT2D eigenvalue weighted by Crippen LogP contribution is 2.25. The van der Waals surface area contributed by atoms with Gasteiger partial charge in [0.25, 0.3) is 0 Å². The molecule has 0 aliphatic heterocycles. The van der Waals surface area contributed by atoms with E-state index in [4.69, 9.17) is 8.92 Å². The topological polar surface area (TPSA) is 69.7 Å². The van der Waals surface area contributed by atoms with Crippen LogP contribution in [0.15, 0.2) is 29.2 Å². The highest BCUT2D eigenvalue weighted by atomic mass is 32.2.